The van der Waals surface area contributed by atoms with E-state index in [1.807, 2.05) is 6.07 Å². The summed E-state index contributed by atoms with van der Waals surface area (Å²) in [5.74, 6) is -0.393. The van der Waals surface area contributed by atoms with Crippen LogP contribution in [0.15, 0.2) is 30.5 Å². The Bertz CT molecular complexity index is 932. The Morgan fingerprint density at radius 2 is 2.04 bits per heavy atom. The van der Waals surface area contributed by atoms with Crippen LogP contribution in [0.3, 0.4) is 0 Å². The van der Waals surface area contributed by atoms with Gasteiger partial charge in [-0.05, 0) is 61.4 Å². The summed E-state index contributed by atoms with van der Waals surface area (Å²) in [4.78, 5) is 6.12. The van der Waals surface area contributed by atoms with Crippen molar-refractivity contribution in [3.63, 3.8) is 0 Å². The van der Waals surface area contributed by atoms with Crippen LogP contribution >= 0.6 is 0 Å². The first-order valence-electron chi connectivity index (χ1n) is 9.37. The van der Waals surface area contributed by atoms with E-state index in [4.69, 9.17) is 5.26 Å². The van der Waals surface area contributed by atoms with E-state index in [2.05, 4.69) is 9.88 Å². The van der Waals surface area contributed by atoms with Crippen LogP contribution in [-0.4, -0.2) is 22.5 Å². The van der Waals surface area contributed by atoms with Crippen LogP contribution in [0.4, 0.5) is 17.6 Å². The second-order valence-corrected chi connectivity index (χ2v) is 7.45. The molecule has 0 N–H and O–H groups in total. The quantitative estimate of drug-likeness (QED) is 0.559. The first kappa shape index (κ1) is 18.9. The number of pyridine rings is 1. The summed E-state index contributed by atoms with van der Waals surface area (Å²) in [6.07, 6.45) is 1.11. The molecule has 2 aliphatic rings. The van der Waals surface area contributed by atoms with Crippen LogP contribution in [0.2, 0.25) is 0 Å². The highest BCUT2D eigenvalue weighted by Gasteiger charge is 2.38. The maximum Gasteiger partial charge on any atom is 0.417 e. The molecular formula is C21H19F4N3. The van der Waals surface area contributed by atoms with E-state index < -0.39 is 17.7 Å². The fraction of sp³-hybridized carbons (Fsp3) is 0.429. The van der Waals surface area contributed by atoms with Gasteiger partial charge in [0.2, 0.25) is 5.95 Å². The van der Waals surface area contributed by atoms with Crippen LogP contribution in [0.1, 0.15) is 53.1 Å². The number of rotatable bonds is 3. The molecule has 2 aliphatic heterocycles. The topological polar surface area (TPSA) is 39.9 Å². The molecule has 7 heteroatoms. The predicted octanol–water partition coefficient (Wildman–Crippen LogP) is 4.81. The van der Waals surface area contributed by atoms with Gasteiger partial charge in [-0.1, -0.05) is 6.07 Å². The fourth-order valence-corrected chi connectivity index (χ4v) is 4.60. The van der Waals surface area contributed by atoms with Crippen LogP contribution in [0, 0.1) is 17.3 Å². The smallest absolute Gasteiger partial charge is 0.293 e. The van der Waals surface area contributed by atoms with Crippen molar-refractivity contribution >= 4 is 0 Å². The normalized spacial score (nSPS) is 21.8. The van der Waals surface area contributed by atoms with Gasteiger partial charge in [-0.15, -0.1) is 0 Å². The highest BCUT2D eigenvalue weighted by molar-refractivity contribution is 5.42. The summed E-state index contributed by atoms with van der Waals surface area (Å²) in [5.41, 5.74) is 1.14. The summed E-state index contributed by atoms with van der Waals surface area (Å²) in [6, 6.07) is 7.64. The molecule has 0 unspecified atom stereocenters. The van der Waals surface area contributed by atoms with Gasteiger partial charge in [0.1, 0.15) is 0 Å². The molecule has 0 spiro atoms. The first-order chi connectivity index (χ1) is 13.4. The lowest BCUT2D eigenvalue weighted by Crippen LogP contribution is -2.47. The molecule has 2 bridgehead atoms. The summed E-state index contributed by atoms with van der Waals surface area (Å²) in [7, 11) is 0. The Morgan fingerprint density at radius 1 is 1.21 bits per heavy atom. The fourth-order valence-electron chi connectivity index (χ4n) is 4.60. The molecule has 3 nitrogen and oxygen atoms in total. The Morgan fingerprint density at radius 3 is 2.79 bits per heavy atom. The van der Waals surface area contributed by atoms with Gasteiger partial charge in [-0.2, -0.15) is 22.8 Å². The number of nitriles is 1. The third kappa shape index (κ3) is 3.37. The summed E-state index contributed by atoms with van der Waals surface area (Å²) in [5, 5.41) is 9.09. The minimum absolute atomic E-state index is 0.116. The number of hydrogen-bond donors (Lipinski definition) is 0. The molecule has 2 atom stereocenters. The molecule has 1 aromatic carbocycles. The van der Waals surface area contributed by atoms with Gasteiger partial charge >= 0.3 is 6.18 Å². The monoisotopic (exact) mass is 389 g/mol. The van der Waals surface area contributed by atoms with Crippen molar-refractivity contribution in [2.24, 2.45) is 0 Å². The van der Waals surface area contributed by atoms with E-state index in [-0.39, 0.29) is 17.6 Å². The molecule has 0 aliphatic carbocycles. The SMILES string of the molecule is N#Cc1cc(CCN2[C@H]3CCC[C@@H]2c2ccnc(F)c2C3)ccc1C(F)(F)F. The number of aromatic nitrogens is 1. The van der Waals surface area contributed by atoms with E-state index in [0.717, 1.165) is 30.9 Å². The lowest BCUT2D eigenvalue weighted by Gasteiger charge is -2.47. The number of nitrogens with zero attached hydrogens (tertiary/aromatic N) is 3. The maximum atomic E-state index is 14.1. The number of benzene rings is 1. The minimum atomic E-state index is -4.53. The minimum Gasteiger partial charge on any atom is -0.293 e. The van der Waals surface area contributed by atoms with Crippen molar-refractivity contribution in [3.8, 4) is 6.07 Å². The van der Waals surface area contributed by atoms with Crippen molar-refractivity contribution in [3.05, 3.63) is 64.2 Å². The van der Waals surface area contributed by atoms with Crippen LogP contribution < -0.4 is 0 Å². The Kier molecular flexibility index (Phi) is 4.84. The average molecular weight is 389 g/mol. The second kappa shape index (κ2) is 7.17. The molecule has 1 saturated heterocycles. The third-order valence-corrected chi connectivity index (χ3v) is 5.89. The zero-order valence-electron chi connectivity index (χ0n) is 15.1. The van der Waals surface area contributed by atoms with E-state index >= 15 is 0 Å². The lowest BCUT2D eigenvalue weighted by molar-refractivity contribution is -0.137. The molecule has 1 aromatic heterocycles. The van der Waals surface area contributed by atoms with Gasteiger partial charge in [0.15, 0.2) is 0 Å². The van der Waals surface area contributed by atoms with Crippen LogP contribution in [0.5, 0.6) is 0 Å². The van der Waals surface area contributed by atoms with E-state index in [1.165, 1.54) is 18.3 Å². The molecule has 2 aromatic rings. The van der Waals surface area contributed by atoms with Gasteiger partial charge in [-0.25, -0.2) is 4.98 Å². The number of alkyl halides is 3. The summed E-state index contributed by atoms with van der Waals surface area (Å²) in [6.45, 7) is 0.662. The van der Waals surface area contributed by atoms with Crippen molar-refractivity contribution in [1.29, 1.82) is 5.26 Å². The highest BCUT2D eigenvalue weighted by atomic mass is 19.4. The van der Waals surface area contributed by atoms with Crippen LogP contribution in [0.25, 0.3) is 0 Å². The molecule has 0 radical (unpaired) electrons. The molecular weight excluding hydrogens is 370 g/mol. The molecule has 28 heavy (non-hydrogen) atoms. The number of piperidine rings is 1. The molecule has 0 saturated carbocycles. The third-order valence-electron chi connectivity index (χ3n) is 5.89. The summed E-state index contributed by atoms with van der Waals surface area (Å²) < 4.78 is 53.1. The van der Waals surface area contributed by atoms with Gasteiger partial charge in [0.25, 0.3) is 0 Å². The Hall–Kier alpha value is -2.46. The Balaban J connectivity index is 1.55. The van der Waals surface area contributed by atoms with Crippen molar-refractivity contribution in [1.82, 2.24) is 9.88 Å². The molecule has 0 amide bonds. The van der Waals surface area contributed by atoms with Gasteiger partial charge in [0.05, 0.1) is 17.2 Å². The maximum absolute atomic E-state index is 14.1. The molecule has 146 valence electrons. The van der Waals surface area contributed by atoms with Gasteiger partial charge in [0, 0.05) is 30.4 Å². The van der Waals surface area contributed by atoms with Crippen molar-refractivity contribution < 1.29 is 17.6 Å². The lowest BCUT2D eigenvalue weighted by atomic mass is 9.80. The highest BCUT2D eigenvalue weighted by Crippen LogP contribution is 2.42. The largest absolute Gasteiger partial charge is 0.417 e. The average Bonchev–Trinajstić information content (AvgIpc) is 2.66. The predicted molar refractivity (Wildman–Crippen MR) is 94.8 cm³/mol. The van der Waals surface area contributed by atoms with E-state index in [1.54, 1.807) is 6.07 Å². The first-order valence-corrected chi connectivity index (χ1v) is 9.37. The zero-order valence-corrected chi connectivity index (χ0v) is 15.1. The van der Waals surface area contributed by atoms with E-state index in [0.29, 0.717) is 30.5 Å². The molecule has 4 rings (SSSR count). The van der Waals surface area contributed by atoms with Crippen LogP contribution in [-0.2, 0) is 19.0 Å². The standard InChI is InChI=1S/C21H19F4N3/c22-20-17-11-15-2-1-3-19(16(17)6-8-27-20)28(15)9-7-13-4-5-18(21(23,24)25)14(10-13)12-26/h4-6,8,10,15,19H,1-3,7,9,11H2/t15-,19+/m0/s1. The number of hydrogen-bond acceptors (Lipinski definition) is 3. The zero-order chi connectivity index (χ0) is 19.9. The summed E-state index contributed by atoms with van der Waals surface area (Å²) >= 11 is 0. The second-order valence-electron chi connectivity index (χ2n) is 7.45. The Labute approximate surface area is 160 Å². The van der Waals surface area contributed by atoms with Crippen molar-refractivity contribution in [2.45, 2.75) is 50.4 Å². The van der Waals surface area contributed by atoms with Gasteiger partial charge in [-0.3, -0.25) is 4.90 Å². The van der Waals surface area contributed by atoms with Gasteiger partial charge < -0.3 is 0 Å². The molecule has 3 heterocycles. The van der Waals surface area contributed by atoms with Crippen molar-refractivity contribution in [2.75, 3.05) is 6.54 Å². The molecule has 1 fully saturated rings. The number of halogens is 4. The van der Waals surface area contributed by atoms with E-state index in [9.17, 15) is 17.6 Å². The number of fused-ring (bicyclic) bond motifs is 4.